The summed E-state index contributed by atoms with van der Waals surface area (Å²) in [6.07, 6.45) is 0.672. The molecular weight excluding hydrogens is 361 g/mol. The van der Waals surface area contributed by atoms with E-state index >= 15 is 0 Å². The van der Waals surface area contributed by atoms with Crippen molar-refractivity contribution in [2.75, 3.05) is 5.32 Å². The molecule has 148 valence electrons. The normalized spacial score (nSPS) is 12.7. The number of nitrogens with one attached hydrogen (secondary N) is 2. The van der Waals surface area contributed by atoms with Crippen LogP contribution in [0.2, 0.25) is 0 Å². The van der Waals surface area contributed by atoms with Crippen LogP contribution in [0, 0.1) is 18.7 Å². The number of benzene rings is 2. The van der Waals surface area contributed by atoms with Gasteiger partial charge < -0.3 is 16.4 Å². The molecule has 7 heteroatoms. The average molecular weight is 385 g/mol. The molecule has 0 bridgehead atoms. The van der Waals surface area contributed by atoms with E-state index < -0.39 is 29.6 Å². The number of aryl methyl sites for hydroxylation is 1. The Morgan fingerprint density at radius 2 is 1.79 bits per heavy atom. The third-order valence-corrected chi connectivity index (χ3v) is 4.67. The summed E-state index contributed by atoms with van der Waals surface area (Å²) in [5.74, 6) is -2.46. The quantitative estimate of drug-likeness (QED) is 0.683. The number of nitrogens with two attached hydrogens (primary N) is 1. The molecule has 2 unspecified atom stereocenters. The predicted octanol–water partition coefficient (Wildman–Crippen LogP) is 3.02. The molecule has 0 aromatic heterocycles. The molecule has 0 spiro atoms. The third-order valence-electron chi connectivity index (χ3n) is 4.67. The van der Waals surface area contributed by atoms with E-state index in [0.717, 1.165) is 0 Å². The highest BCUT2D eigenvalue weighted by atomic mass is 19.1. The van der Waals surface area contributed by atoms with Crippen molar-refractivity contribution < 1.29 is 18.8 Å². The molecule has 0 fully saturated rings. The number of primary amides is 1. The largest absolute Gasteiger partial charge is 0.368 e. The molecule has 2 atom stereocenters. The lowest BCUT2D eigenvalue weighted by Crippen LogP contribution is -2.48. The first-order valence-corrected chi connectivity index (χ1v) is 9.01. The van der Waals surface area contributed by atoms with Gasteiger partial charge in [0.1, 0.15) is 11.9 Å². The first-order chi connectivity index (χ1) is 13.2. The van der Waals surface area contributed by atoms with Gasteiger partial charge in [0.15, 0.2) is 0 Å². The highest BCUT2D eigenvalue weighted by Crippen LogP contribution is 2.19. The summed E-state index contributed by atoms with van der Waals surface area (Å²) in [5.41, 5.74) is 6.63. The van der Waals surface area contributed by atoms with Gasteiger partial charge in [-0.25, -0.2) is 4.39 Å². The summed E-state index contributed by atoms with van der Waals surface area (Å²) in [5, 5.41) is 5.26. The molecule has 3 amide bonds. The Balaban J connectivity index is 2.22. The number of hydrogen-bond donors (Lipinski definition) is 3. The number of hydrogen-bond acceptors (Lipinski definition) is 3. The van der Waals surface area contributed by atoms with Crippen molar-refractivity contribution in [3.8, 4) is 0 Å². The molecular formula is C21H24FN3O3. The fraction of sp³-hybridized carbons (Fsp3) is 0.286. The Morgan fingerprint density at radius 1 is 1.11 bits per heavy atom. The summed E-state index contributed by atoms with van der Waals surface area (Å²) in [6.45, 7) is 5.48. The smallest absolute Gasteiger partial charge is 0.258 e. The third kappa shape index (κ3) is 4.94. The lowest BCUT2D eigenvalue weighted by Gasteiger charge is -2.21. The topological polar surface area (TPSA) is 101 Å². The van der Waals surface area contributed by atoms with Crippen LogP contribution in [0.25, 0.3) is 0 Å². The maximum Gasteiger partial charge on any atom is 0.258 e. The number of amides is 3. The van der Waals surface area contributed by atoms with Crippen LogP contribution in [0.15, 0.2) is 42.5 Å². The average Bonchev–Trinajstić information content (AvgIpc) is 2.67. The zero-order valence-electron chi connectivity index (χ0n) is 16.1. The molecule has 0 heterocycles. The van der Waals surface area contributed by atoms with Gasteiger partial charge in [-0.3, -0.25) is 14.4 Å². The zero-order valence-corrected chi connectivity index (χ0v) is 16.1. The predicted molar refractivity (Wildman–Crippen MR) is 105 cm³/mol. The molecule has 0 aliphatic heterocycles. The van der Waals surface area contributed by atoms with E-state index in [1.54, 1.807) is 25.1 Å². The van der Waals surface area contributed by atoms with Crippen molar-refractivity contribution in [1.29, 1.82) is 0 Å². The molecule has 6 nitrogen and oxygen atoms in total. The Labute approximate surface area is 163 Å². The standard InChI is InChI=1S/C21H24FN3O3/c1-4-12(2)18(19(23)26)25-20(27)14-10-9-13(3)17(11-14)24-21(28)15-7-5-6-8-16(15)22/h5-12,18H,4H2,1-3H3,(H2,23,26)(H,24,28)(H,25,27). The lowest BCUT2D eigenvalue weighted by atomic mass is 9.98. The Kier molecular flexibility index (Phi) is 6.87. The molecule has 2 rings (SSSR count). The number of carbonyl (C=O) groups excluding carboxylic acids is 3. The van der Waals surface area contributed by atoms with E-state index in [2.05, 4.69) is 10.6 Å². The Morgan fingerprint density at radius 3 is 2.39 bits per heavy atom. The van der Waals surface area contributed by atoms with Crippen LogP contribution in [0.4, 0.5) is 10.1 Å². The molecule has 0 saturated carbocycles. The fourth-order valence-electron chi connectivity index (χ4n) is 2.69. The zero-order chi connectivity index (χ0) is 20.8. The van der Waals surface area contributed by atoms with Gasteiger partial charge in [-0.15, -0.1) is 0 Å². The van der Waals surface area contributed by atoms with Crippen LogP contribution in [-0.2, 0) is 4.79 Å². The second-order valence-corrected chi connectivity index (χ2v) is 6.70. The van der Waals surface area contributed by atoms with Gasteiger partial charge in [-0.1, -0.05) is 38.5 Å². The summed E-state index contributed by atoms with van der Waals surface area (Å²) in [7, 11) is 0. The van der Waals surface area contributed by atoms with Crippen LogP contribution in [-0.4, -0.2) is 23.8 Å². The van der Waals surface area contributed by atoms with E-state index in [9.17, 15) is 18.8 Å². The fourth-order valence-corrected chi connectivity index (χ4v) is 2.69. The number of anilines is 1. The minimum Gasteiger partial charge on any atom is -0.368 e. The molecule has 0 aliphatic rings. The highest BCUT2D eigenvalue weighted by Gasteiger charge is 2.24. The van der Waals surface area contributed by atoms with Crippen LogP contribution in [0.5, 0.6) is 0 Å². The maximum absolute atomic E-state index is 13.8. The Bertz CT molecular complexity index is 898. The minimum absolute atomic E-state index is 0.0951. The first kappa shape index (κ1) is 21.1. The summed E-state index contributed by atoms with van der Waals surface area (Å²) >= 11 is 0. The van der Waals surface area contributed by atoms with Crippen molar-refractivity contribution in [3.63, 3.8) is 0 Å². The second kappa shape index (κ2) is 9.12. The minimum atomic E-state index is -0.796. The SMILES string of the molecule is CCC(C)C(NC(=O)c1ccc(C)c(NC(=O)c2ccccc2F)c1)C(N)=O. The lowest BCUT2D eigenvalue weighted by molar-refractivity contribution is -0.120. The summed E-state index contributed by atoms with van der Waals surface area (Å²) in [4.78, 5) is 36.5. The first-order valence-electron chi connectivity index (χ1n) is 9.01. The van der Waals surface area contributed by atoms with Gasteiger partial charge in [0.05, 0.1) is 5.56 Å². The van der Waals surface area contributed by atoms with E-state index in [0.29, 0.717) is 17.7 Å². The molecule has 4 N–H and O–H groups in total. The van der Waals surface area contributed by atoms with Crippen LogP contribution in [0.1, 0.15) is 46.5 Å². The number of rotatable bonds is 7. The summed E-state index contributed by atoms with van der Waals surface area (Å²) in [6, 6.07) is 9.56. The number of carbonyl (C=O) groups is 3. The monoisotopic (exact) mass is 385 g/mol. The molecule has 2 aromatic rings. The van der Waals surface area contributed by atoms with Crippen LogP contribution >= 0.6 is 0 Å². The molecule has 0 radical (unpaired) electrons. The summed E-state index contributed by atoms with van der Waals surface area (Å²) < 4.78 is 13.8. The van der Waals surface area contributed by atoms with Gasteiger partial charge in [0.2, 0.25) is 5.91 Å². The van der Waals surface area contributed by atoms with Gasteiger partial charge in [0.25, 0.3) is 11.8 Å². The van der Waals surface area contributed by atoms with Crippen LogP contribution in [0.3, 0.4) is 0 Å². The van der Waals surface area contributed by atoms with Crippen molar-refractivity contribution >= 4 is 23.4 Å². The highest BCUT2D eigenvalue weighted by molar-refractivity contribution is 6.06. The van der Waals surface area contributed by atoms with E-state index in [-0.39, 0.29) is 17.0 Å². The van der Waals surface area contributed by atoms with E-state index in [4.69, 9.17) is 5.73 Å². The van der Waals surface area contributed by atoms with Crippen molar-refractivity contribution in [2.45, 2.75) is 33.2 Å². The van der Waals surface area contributed by atoms with Gasteiger partial charge in [0, 0.05) is 11.3 Å². The van der Waals surface area contributed by atoms with Gasteiger partial charge in [-0.2, -0.15) is 0 Å². The van der Waals surface area contributed by atoms with Crippen molar-refractivity contribution in [3.05, 3.63) is 65.0 Å². The molecule has 0 saturated heterocycles. The number of halogens is 1. The second-order valence-electron chi connectivity index (χ2n) is 6.70. The molecule has 28 heavy (non-hydrogen) atoms. The van der Waals surface area contributed by atoms with Crippen molar-refractivity contribution in [2.24, 2.45) is 11.7 Å². The molecule has 0 aliphatic carbocycles. The Hall–Kier alpha value is -3.22. The van der Waals surface area contributed by atoms with Gasteiger partial charge in [-0.05, 0) is 42.7 Å². The van der Waals surface area contributed by atoms with Crippen molar-refractivity contribution in [1.82, 2.24) is 5.32 Å². The van der Waals surface area contributed by atoms with E-state index in [1.807, 2.05) is 13.8 Å². The maximum atomic E-state index is 13.8. The van der Waals surface area contributed by atoms with Crippen LogP contribution < -0.4 is 16.4 Å². The van der Waals surface area contributed by atoms with Gasteiger partial charge >= 0.3 is 0 Å². The molecule has 2 aromatic carbocycles. The van der Waals surface area contributed by atoms with E-state index in [1.165, 1.54) is 24.3 Å².